The Hall–Kier alpha value is -0.950. The Labute approximate surface area is 61.4 Å². The molecule has 0 heterocycles. The van der Waals surface area contributed by atoms with Crippen LogP contribution >= 0.6 is 0 Å². The molecule has 0 radical (unpaired) electrons. The highest BCUT2D eigenvalue weighted by atomic mass is 15.1. The van der Waals surface area contributed by atoms with Crippen molar-refractivity contribution in [3.63, 3.8) is 0 Å². The van der Waals surface area contributed by atoms with Crippen LogP contribution in [-0.4, -0.2) is 6.54 Å². The van der Waals surface area contributed by atoms with Gasteiger partial charge in [-0.05, 0) is 18.4 Å². The lowest BCUT2D eigenvalue weighted by atomic mass is 10.3. The van der Waals surface area contributed by atoms with E-state index in [9.17, 15) is 0 Å². The Morgan fingerprint density at radius 1 is 1.40 bits per heavy atom. The topological polar surface area (TPSA) is 48.8 Å². The van der Waals surface area contributed by atoms with Gasteiger partial charge >= 0.3 is 0 Å². The summed E-state index contributed by atoms with van der Waals surface area (Å²) in [5.74, 6) is 0. The Morgan fingerprint density at radius 3 is 2.70 bits per heavy atom. The summed E-state index contributed by atoms with van der Waals surface area (Å²) in [4.78, 5) is 2.64. The van der Waals surface area contributed by atoms with Gasteiger partial charge in [0.2, 0.25) is 0 Å². The van der Waals surface area contributed by atoms with Gasteiger partial charge in [0.05, 0.1) is 0 Å². The van der Waals surface area contributed by atoms with E-state index in [0.717, 1.165) is 12.8 Å². The van der Waals surface area contributed by atoms with Crippen molar-refractivity contribution < 1.29 is 0 Å². The van der Waals surface area contributed by atoms with E-state index in [1.165, 1.54) is 6.42 Å². The third-order valence-electron chi connectivity index (χ3n) is 1.08. The lowest BCUT2D eigenvalue weighted by Gasteiger charge is -1.83. The second-order valence-electron chi connectivity index (χ2n) is 2.00. The van der Waals surface area contributed by atoms with Crippen LogP contribution in [0.25, 0.3) is 10.4 Å². The average Bonchev–Trinajstić information content (AvgIpc) is 1.97. The summed E-state index contributed by atoms with van der Waals surface area (Å²) in [6.45, 7) is 2.72. The number of hydrogen-bond acceptors (Lipinski definition) is 1. The fraction of sp³-hybridized carbons (Fsp3) is 0.714. The second-order valence-corrected chi connectivity index (χ2v) is 2.00. The maximum Gasteiger partial charge on any atom is 0.0292 e. The predicted octanol–water partition coefficient (Wildman–Crippen LogP) is 3.04. The van der Waals surface area contributed by atoms with Crippen LogP contribution in [0.4, 0.5) is 0 Å². The average molecular weight is 139 g/mol. The van der Waals surface area contributed by atoms with Crippen molar-refractivity contribution in [2.75, 3.05) is 6.54 Å². The molecular formula is C7H13N3. The van der Waals surface area contributed by atoms with Crippen molar-refractivity contribution in [3.05, 3.63) is 22.6 Å². The normalized spacial score (nSPS) is 9.70. The largest absolute Gasteiger partial charge is 0.0937 e. The standard InChI is InChI=1S/C7H13N3/c1-2-3-4-5-6-7-9-10-8/h4-5H,2-3,6-7H2,1H3. The molecule has 0 atom stereocenters. The monoisotopic (exact) mass is 139 g/mol. The van der Waals surface area contributed by atoms with E-state index >= 15 is 0 Å². The Morgan fingerprint density at radius 2 is 2.10 bits per heavy atom. The molecule has 0 aromatic rings. The predicted molar refractivity (Wildman–Crippen MR) is 42.7 cm³/mol. The van der Waals surface area contributed by atoms with E-state index in [1.54, 1.807) is 0 Å². The molecule has 0 rings (SSSR count). The van der Waals surface area contributed by atoms with E-state index in [0.29, 0.717) is 6.54 Å². The molecule has 0 unspecified atom stereocenters. The summed E-state index contributed by atoms with van der Waals surface area (Å²) >= 11 is 0. The first-order chi connectivity index (χ1) is 4.91. The van der Waals surface area contributed by atoms with E-state index in [2.05, 4.69) is 29.1 Å². The SMILES string of the molecule is CCCC=CCCN=[N+]=[N-]. The molecule has 0 fully saturated rings. The molecule has 0 aliphatic rings. The Balaban J connectivity index is 3.09. The summed E-state index contributed by atoms with van der Waals surface area (Å²) in [6, 6.07) is 0. The van der Waals surface area contributed by atoms with Crippen LogP contribution in [0.5, 0.6) is 0 Å². The molecule has 56 valence electrons. The highest BCUT2D eigenvalue weighted by Crippen LogP contribution is 1.91. The quantitative estimate of drug-likeness (QED) is 0.185. The van der Waals surface area contributed by atoms with E-state index in [4.69, 9.17) is 5.53 Å². The first kappa shape index (κ1) is 9.05. The fourth-order valence-corrected chi connectivity index (χ4v) is 0.579. The minimum Gasteiger partial charge on any atom is -0.0937 e. The number of rotatable bonds is 5. The van der Waals surface area contributed by atoms with Crippen molar-refractivity contribution in [1.29, 1.82) is 0 Å². The van der Waals surface area contributed by atoms with Crippen LogP contribution in [0.1, 0.15) is 26.2 Å². The van der Waals surface area contributed by atoms with Crippen molar-refractivity contribution in [1.82, 2.24) is 0 Å². The van der Waals surface area contributed by atoms with Gasteiger partial charge in [-0.3, -0.25) is 0 Å². The molecule has 0 aliphatic heterocycles. The van der Waals surface area contributed by atoms with E-state index < -0.39 is 0 Å². The summed E-state index contributed by atoms with van der Waals surface area (Å²) < 4.78 is 0. The number of unbranched alkanes of at least 4 members (excludes halogenated alkanes) is 1. The highest BCUT2D eigenvalue weighted by Gasteiger charge is 1.75. The molecule has 0 aromatic heterocycles. The molecule has 0 N–H and O–H groups in total. The van der Waals surface area contributed by atoms with Gasteiger partial charge in [-0.15, -0.1) is 0 Å². The number of allylic oxidation sites excluding steroid dienone is 1. The van der Waals surface area contributed by atoms with Crippen molar-refractivity contribution >= 4 is 0 Å². The maximum absolute atomic E-state index is 7.90. The van der Waals surface area contributed by atoms with Crippen molar-refractivity contribution in [3.8, 4) is 0 Å². The molecule has 0 saturated carbocycles. The van der Waals surface area contributed by atoms with Crippen LogP contribution in [0.15, 0.2) is 17.3 Å². The minimum absolute atomic E-state index is 0.580. The highest BCUT2D eigenvalue weighted by molar-refractivity contribution is 4.81. The zero-order chi connectivity index (χ0) is 7.66. The lowest BCUT2D eigenvalue weighted by Crippen LogP contribution is -1.71. The van der Waals surface area contributed by atoms with E-state index in [-0.39, 0.29) is 0 Å². The molecule has 3 heteroatoms. The van der Waals surface area contributed by atoms with E-state index in [1.807, 2.05) is 0 Å². The molecule has 10 heavy (non-hydrogen) atoms. The van der Waals surface area contributed by atoms with Gasteiger partial charge in [0.25, 0.3) is 0 Å². The van der Waals surface area contributed by atoms with Gasteiger partial charge in [0.15, 0.2) is 0 Å². The minimum atomic E-state index is 0.580. The molecule has 0 spiro atoms. The molecule has 0 bridgehead atoms. The zero-order valence-electron chi connectivity index (χ0n) is 6.32. The zero-order valence-corrected chi connectivity index (χ0v) is 6.32. The van der Waals surface area contributed by atoms with Crippen molar-refractivity contribution in [2.24, 2.45) is 5.11 Å². The molecular weight excluding hydrogens is 126 g/mol. The summed E-state index contributed by atoms with van der Waals surface area (Å²) in [7, 11) is 0. The molecule has 0 aliphatic carbocycles. The van der Waals surface area contributed by atoms with Gasteiger partial charge in [-0.1, -0.05) is 30.6 Å². The third-order valence-corrected chi connectivity index (χ3v) is 1.08. The van der Waals surface area contributed by atoms with Gasteiger partial charge < -0.3 is 0 Å². The first-order valence-corrected chi connectivity index (χ1v) is 3.57. The summed E-state index contributed by atoms with van der Waals surface area (Å²) in [5, 5.41) is 3.40. The molecule has 0 aromatic carbocycles. The first-order valence-electron chi connectivity index (χ1n) is 3.57. The smallest absolute Gasteiger partial charge is 0.0292 e. The van der Waals surface area contributed by atoms with Crippen LogP contribution in [-0.2, 0) is 0 Å². The number of hydrogen-bond donors (Lipinski definition) is 0. The molecule has 0 amide bonds. The Kier molecular flexibility index (Phi) is 7.29. The van der Waals surface area contributed by atoms with Crippen LogP contribution < -0.4 is 0 Å². The molecule has 3 nitrogen and oxygen atoms in total. The third kappa shape index (κ3) is 7.05. The summed E-state index contributed by atoms with van der Waals surface area (Å²) in [5.41, 5.74) is 7.90. The fourth-order valence-electron chi connectivity index (χ4n) is 0.579. The van der Waals surface area contributed by atoms with Crippen LogP contribution in [0.3, 0.4) is 0 Å². The van der Waals surface area contributed by atoms with Gasteiger partial charge in [0.1, 0.15) is 0 Å². The molecule has 0 saturated heterocycles. The maximum atomic E-state index is 7.90. The Bertz CT molecular complexity index is 134. The van der Waals surface area contributed by atoms with Crippen LogP contribution in [0, 0.1) is 0 Å². The van der Waals surface area contributed by atoms with Gasteiger partial charge in [-0.25, -0.2) is 0 Å². The number of azide groups is 1. The second kappa shape index (κ2) is 8.05. The van der Waals surface area contributed by atoms with Crippen LogP contribution in [0.2, 0.25) is 0 Å². The van der Waals surface area contributed by atoms with Crippen molar-refractivity contribution in [2.45, 2.75) is 26.2 Å². The summed E-state index contributed by atoms with van der Waals surface area (Å²) in [6.07, 6.45) is 7.34. The number of nitrogens with zero attached hydrogens (tertiary/aromatic N) is 3. The van der Waals surface area contributed by atoms with Gasteiger partial charge in [-0.2, -0.15) is 0 Å². The van der Waals surface area contributed by atoms with Gasteiger partial charge in [0, 0.05) is 11.5 Å². The lowest BCUT2D eigenvalue weighted by molar-refractivity contribution is 0.935.